The van der Waals surface area contributed by atoms with Crippen LogP contribution in [0.3, 0.4) is 0 Å². The number of sulfonamides is 1. The Hall–Kier alpha value is -2.46. The topological polar surface area (TPSA) is 92.2 Å². The number of para-hydroxylation sites is 1. The highest BCUT2D eigenvalue weighted by Crippen LogP contribution is 2.22. The number of carbonyl (C=O) groups excluding carboxylic acids is 1. The number of hydrogen-bond acceptors (Lipinski definition) is 5. The van der Waals surface area contributed by atoms with Gasteiger partial charge in [-0.1, -0.05) is 24.3 Å². The van der Waals surface area contributed by atoms with Crippen molar-refractivity contribution in [3.8, 4) is 5.75 Å². The molecule has 29 heavy (non-hydrogen) atoms. The lowest BCUT2D eigenvalue weighted by atomic mass is 10.1. The lowest BCUT2D eigenvalue weighted by Crippen LogP contribution is -3.12. The molecule has 1 fully saturated rings. The molecule has 156 valence electrons. The zero-order chi connectivity index (χ0) is 20.9. The van der Waals surface area contributed by atoms with Crippen LogP contribution in [0.25, 0.3) is 0 Å². The van der Waals surface area contributed by atoms with Gasteiger partial charge in [0.05, 0.1) is 40.3 Å². The zero-order valence-electron chi connectivity index (χ0n) is 16.6. The van der Waals surface area contributed by atoms with Crippen LogP contribution in [0.4, 0.5) is 0 Å². The van der Waals surface area contributed by atoms with Crippen LogP contribution in [0.5, 0.6) is 5.75 Å². The van der Waals surface area contributed by atoms with Crippen molar-refractivity contribution < 1.29 is 22.8 Å². The van der Waals surface area contributed by atoms with E-state index in [1.54, 1.807) is 42.5 Å². The smallest absolute Gasteiger partial charge is 0.265 e. The Morgan fingerprint density at radius 1 is 1.10 bits per heavy atom. The molecule has 1 aliphatic heterocycles. The molecule has 0 spiro atoms. The highest BCUT2D eigenvalue weighted by molar-refractivity contribution is 7.89. The van der Waals surface area contributed by atoms with E-state index in [9.17, 15) is 13.2 Å². The molecule has 0 saturated carbocycles. The summed E-state index contributed by atoms with van der Waals surface area (Å²) in [5.74, 6) is 0.128. The van der Waals surface area contributed by atoms with Gasteiger partial charge >= 0.3 is 0 Å². The number of quaternary nitrogens is 1. The molecular weight excluding hydrogens is 392 g/mol. The van der Waals surface area contributed by atoms with Crippen molar-refractivity contribution in [3.05, 3.63) is 59.7 Å². The van der Waals surface area contributed by atoms with Gasteiger partial charge in [-0.2, -0.15) is 0 Å². The normalized spacial score (nSPS) is 15.8. The molecule has 9 heteroatoms. The zero-order valence-corrected chi connectivity index (χ0v) is 17.5. The second-order valence-electron chi connectivity index (χ2n) is 7.06. The summed E-state index contributed by atoms with van der Waals surface area (Å²) in [7, 11) is -0.143. The molecule has 0 radical (unpaired) electrons. The molecule has 0 aliphatic carbocycles. The summed E-state index contributed by atoms with van der Waals surface area (Å²) in [6.07, 6.45) is 0. The lowest BCUT2D eigenvalue weighted by molar-refractivity contribution is -0.884. The van der Waals surface area contributed by atoms with E-state index in [0.29, 0.717) is 5.56 Å². The van der Waals surface area contributed by atoms with Crippen LogP contribution >= 0.6 is 0 Å². The van der Waals surface area contributed by atoms with Crippen LogP contribution in [-0.4, -0.2) is 59.7 Å². The summed E-state index contributed by atoms with van der Waals surface area (Å²) in [4.78, 5) is 13.9. The molecule has 1 amide bonds. The first-order chi connectivity index (χ1) is 13.9. The van der Waals surface area contributed by atoms with Gasteiger partial charge in [0.2, 0.25) is 10.0 Å². The van der Waals surface area contributed by atoms with E-state index in [1.165, 1.54) is 18.1 Å². The predicted molar refractivity (Wildman–Crippen MR) is 109 cm³/mol. The molecule has 3 N–H and O–H groups in total. The summed E-state index contributed by atoms with van der Waals surface area (Å²) in [6.45, 7) is 3.74. The number of methoxy groups -OCH3 is 1. The predicted octanol–water partition coefficient (Wildman–Crippen LogP) is -0.351. The molecule has 1 saturated heterocycles. The van der Waals surface area contributed by atoms with Crippen molar-refractivity contribution in [2.45, 2.75) is 11.4 Å². The van der Waals surface area contributed by atoms with E-state index in [4.69, 9.17) is 4.74 Å². The van der Waals surface area contributed by atoms with Crippen molar-refractivity contribution in [1.82, 2.24) is 15.2 Å². The minimum atomic E-state index is -3.71. The summed E-state index contributed by atoms with van der Waals surface area (Å²) in [5, 5.41) is 1.94. The lowest BCUT2D eigenvalue weighted by Gasteiger charge is -2.30. The van der Waals surface area contributed by atoms with Crippen molar-refractivity contribution >= 4 is 15.9 Å². The number of piperazine rings is 1. The standard InChI is InChI=1S/C20H26N4O4S/c1-23-11-13-24(14-12-23)22-20(25)17-9-7-16(8-10-17)15-21-29(26,27)19-6-4-3-5-18(19)28-2/h3-10,21H,11-15H2,1-2H3,(H,22,25)/p+1. The Balaban J connectivity index is 1.58. The van der Waals surface area contributed by atoms with Crippen molar-refractivity contribution in [2.75, 3.05) is 40.3 Å². The van der Waals surface area contributed by atoms with E-state index in [1.807, 2.05) is 5.01 Å². The number of hydrogen-bond donors (Lipinski definition) is 3. The molecular formula is C20H27N4O4S+. The number of rotatable bonds is 7. The molecule has 0 bridgehead atoms. The largest absolute Gasteiger partial charge is 0.495 e. The van der Waals surface area contributed by atoms with E-state index >= 15 is 0 Å². The average molecular weight is 420 g/mol. The summed E-state index contributed by atoms with van der Waals surface area (Å²) < 4.78 is 32.8. The SMILES string of the molecule is COc1ccccc1S(=O)(=O)NCc1ccc(C(=O)NN2CC[NH+](C)CC2)cc1. The minimum absolute atomic E-state index is 0.0903. The molecule has 8 nitrogen and oxygen atoms in total. The number of hydrazine groups is 1. The van der Waals surface area contributed by atoms with Crippen molar-refractivity contribution in [3.63, 3.8) is 0 Å². The Bertz CT molecular complexity index is 939. The highest BCUT2D eigenvalue weighted by atomic mass is 32.2. The molecule has 1 heterocycles. The van der Waals surface area contributed by atoms with Gasteiger partial charge in [0.25, 0.3) is 5.91 Å². The fourth-order valence-electron chi connectivity index (χ4n) is 3.08. The first kappa shape index (κ1) is 21.3. The third-order valence-corrected chi connectivity index (χ3v) is 6.36. The fraction of sp³-hybridized carbons (Fsp3) is 0.350. The maximum absolute atomic E-state index is 12.5. The Morgan fingerprint density at radius 2 is 1.76 bits per heavy atom. The molecule has 1 aliphatic rings. The number of amides is 1. The van der Waals surface area contributed by atoms with E-state index in [0.717, 1.165) is 31.7 Å². The maximum Gasteiger partial charge on any atom is 0.265 e. The van der Waals surface area contributed by atoms with Gasteiger partial charge in [-0.05, 0) is 29.8 Å². The van der Waals surface area contributed by atoms with Gasteiger partial charge in [-0.3, -0.25) is 10.2 Å². The van der Waals surface area contributed by atoms with E-state index in [2.05, 4.69) is 17.2 Å². The Morgan fingerprint density at radius 3 is 2.41 bits per heavy atom. The average Bonchev–Trinajstić information content (AvgIpc) is 2.74. The monoisotopic (exact) mass is 419 g/mol. The second kappa shape index (κ2) is 9.36. The van der Waals surface area contributed by atoms with Crippen LogP contribution in [0.15, 0.2) is 53.4 Å². The van der Waals surface area contributed by atoms with Gasteiger partial charge in [-0.25, -0.2) is 18.1 Å². The summed E-state index contributed by atoms with van der Waals surface area (Å²) >= 11 is 0. The second-order valence-corrected chi connectivity index (χ2v) is 8.79. The van der Waals surface area contributed by atoms with Gasteiger partial charge in [0.15, 0.2) is 0 Å². The van der Waals surface area contributed by atoms with Crippen LogP contribution in [0, 0.1) is 0 Å². The summed E-state index contributed by atoms with van der Waals surface area (Å²) in [5.41, 5.74) is 4.21. The maximum atomic E-state index is 12.5. The third kappa shape index (κ3) is 5.54. The van der Waals surface area contributed by atoms with E-state index in [-0.39, 0.29) is 23.1 Å². The number of likely N-dealkylation sites (N-methyl/N-ethyl adjacent to an activating group) is 1. The molecule has 0 unspecified atom stereocenters. The fourth-order valence-corrected chi connectivity index (χ4v) is 4.27. The van der Waals surface area contributed by atoms with Crippen LogP contribution < -0.4 is 19.8 Å². The Labute approximate surface area is 171 Å². The Kier molecular flexibility index (Phi) is 6.86. The number of carbonyl (C=O) groups is 1. The van der Waals surface area contributed by atoms with Crippen LogP contribution in [0.2, 0.25) is 0 Å². The minimum Gasteiger partial charge on any atom is -0.495 e. The molecule has 3 rings (SSSR count). The first-order valence-electron chi connectivity index (χ1n) is 9.48. The highest BCUT2D eigenvalue weighted by Gasteiger charge is 2.20. The number of ether oxygens (including phenoxy) is 1. The van der Waals surface area contributed by atoms with Gasteiger partial charge in [0.1, 0.15) is 10.6 Å². The third-order valence-electron chi connectivity index (χ3n) is 4.92. The molecule has 2 aromatic rings. The molecule has 0 aromatic heterocycles. The van der Waals surface area contributed by atoms with Crippen LogP contribution in [-0.2, 0) is 16.6 Å². The van der Waals surface area contributed by atoms with Gasteiger partial charge in [0, 0.05) is 12.1 Å². The van der Waals surface area contributed by atoms with Gasteiger partial charge in [-0.15, -0.1) is 0 Å². The van der Waals surface area contributed by atoms with Gasteiger partial charge < -0.3 is 9.64 Å². The number of benzene rings is 2. The van der Waals surface area contributed by atoms with Crippen molar-refractivity contribution in [1.29, 1.82) is 0 Å². The first-order valence-corrected chi connectivity index (χ1v) is 11.0. The number of nitrogens with zero attached hydrogens (tertiary/aromatic N) is 1. The van der Waals surface area contributed by atoms with Crippen LogP contribution in [0.1, 0.15) is 15.9 Å². The van der Waals surface area contributed by atoms with E-state index < -0.39 is 10.0 Å². The molecule has 0 atom stereocenters. The number of nitrogens with one attached hydrogen (secondary N) is 3. The van der Waals surface area contributed by atoms with Crippen molar-refractivity contribution in [2.24, 2.45) is 0 Å². The molecule has 2 aromatic carbocycles. The quantitative estimate of drug-likeness (QED) is 0.571. The summed E-state index contributed by atoms with van der Waals surface area (Å²) in [6, 6.07) is 13.3.